The average molecular weight is 362 g/mol. The molecule has 1 aliphatic rings. The van der Waals surface area contributed by atoms with Crippen LogP contribution < -0.4 is 0 Å². The Kier molecular flexibility index (Phi) is 3.52. The fourth-order valence-electron chi connectivity index (χ4n) is 3.44. The molecule has 0 spiro atoms. The Morgan fingerprint density at radius 2 is 1.85 bits per heavy atom. The molecule has 3 aromatic rings. The maximum atomic E-state index is 13.3. The predicted molar refractivity (Wildman–Crippen MR) is 88.8 cm³/mol. The van der Waals surface area contributed by atoms with Gasteiger partial charge in [-0.1, -0.05) is 18.2 Å². The van der Waals surface area contributed by atoms with Crippen LogP contribution in [0.15, 0.2) is 42.7 Å². The molecular weight excluding hydrogens is 345 g/mol. The molecule has 2 atom stereocenters. The molecule has 0 fully saturated rings. The van der Waals surface area contributed by atoms with Crippen molar-refractivity contribution < 1.29 is 18.3 Å². The lowest BCUT2D eigenvalue weighted by molar-refractivity contribution is -0.262. The highest BCUT2D eigenvalue weighted by Crippen LogP contribution is 2.43. The molecule has 26 heavy (non-hydrogen) atoms. The van der Waals surface area contributed by atoms with E-state index in [1.165, 1.54) is 10.8 Å². The Balaban J connectivity index is 1.87. The summed E-state index contributed by atoms with van der Waals surface area (Å²) >= 11 is 0. The lowest BCUT2D eigenvalue weighted by atomic mass is 9.99. The fraction of sp³-hybridized carbons (Fsp3) is 0.333. The molecule has 136 valence electrons. The van der Waals surface area contributed by atoms with Crippen molar-refractivity contribution >= 4 is 0 Å². The van der Waals surface area contributed by atoms with Gasteiger partial charge in [-0.2, -0.15) is 18.3 Å². The van der Waals surface area contributed by atoms with Crippen LogP contribution in [-0.2, 0) is 12.0 Å². The first-order chi connectivity index (χ1) is 12.2. The summed E-state index contributed by atoms with van der Waals surface area (Å²) in [6.45, 7) is 2.55. The number of benzene rings is 1. The summed E-state index contributed by atoms with van der Waals surface area (Å²) in [6.07, 6.45) is -1.33. The smallest absolute Gasteiger partial charge is 0.374 e. The summed E-state index contributed by atoms with van der Waals surface area (Å²) in [5.41, 5.74) is 0.0294. The standard InChI is InChI=1S/C18H17F3N4O/c1-11-8-14-13(9-23-25(14)12-6-4-3-5-7-12)15-10-22-16(24(11)15)17(2,26)18(19,20)21/h3-7,9-11,26H,8H2,1-2H3/t11-,17-/m0/s1. The van der Waals surface area contributed by atoms with Crippen LogP contribution >= 0.6 is 0 Å². The molecule has 3 heterocycles. The van der Waals surface area contributed by atoms with Crippen LogP contribution in [0.1, 0.15) is 31.4 Å². The Labute approximate surface area is 147 Å². The molecule has 2 aromatic heterocycles. The molecular formula is C18H17F3N4O. The molecule has 0 saturated heterocycles. The normalized spacial score (nSPS) is 18.9. The van der Waals surface area contributed by atoms with Crippen LogP contribution in [0.5, 0.6) is 0 Å². The Morgan fingerprint density at radius 1 is 1.15 bits per heavy atom. The van der Waals surface area contributed by atoms with Gasteiger partial charge in [0.05, 0.1) is 29.5 Å². The number of fused-ring (bicyclic) bond motifs is 3. The van der Waals surface area contributed by atoms with Crippen molar-refractivity contribution in [3.63, 3.8) is 0 Å². The van der Waals surface area contributed by atoms with Gasteiger partial charge in [0, 0.05) is 18.0 Å². The largest absolute Gasteiger partial charge is 0.424 e. The zero-order valence-electron chi connectivity index (χ0n) is 14.2. The monoisotopic (exact) mass is 362 g/mol. The van der Waals surface area contributed by atoms with Gasteiger partial charge in [0.2, 0.25) is 5.60 Å². The Morgan fingerprint density at radius 3 is 2.50 bits per heavy atom. The van der Waals surface area contributed by atoms with E-state index in [9.17, 15) is 18.3 Å². The quantitative estimate of drug-likeness (QED) is 0.758. The van der Waals surface area contributed by atoms with Crippen molar-refractivity contribution in [2.24, 2.45) is 0 Å². The third kappa shape index (κ3) is 2.28. The van der Waals surface area contributed by atoms with E-state index < -0.39 is 17.6 Å². The van der Waals surface area contributed by atoms with E-state index in [1.807, 2.05) is 37.3 Å². The van der Waals surface area contributed by atoms with Gasteiger partial charge in [0.25, 0.3) is 0 Å². The van der Waals surface area contributed by atoms with Gasteiger partial charge in [-0.05, 0) is 26.0 Å². The highest BCUT2D eigenvalue weighted by molar-refractivity contribution is 5.65. The second-order valence-corrected chi connectivity index (χ2v) is 6.71. The van der Waals surface area contributed by atoms with E-state index in [2.05, 4.69) is 10.1 Å². The SMILES string of the molecule is C[C@H]1Cc2c(cnn2-c2ccccc2)-c2cnc([C@](C)(O)C(F)(F)F)n21. The van der Waals surface area contributed by atoms with E-state index in [4.69, 9.17) is 0 Å². The number of halogens is 3. The number of para-hydroxylation sites is 1. The molecule has 0 amide bonds. The first kappa shape index (κ1) is 16.8. The lowest BCUT2D eigenvalue weighted by Gasteiger charge is -2.31. The zero-order valence-corrected chi connectivity index (χ0v) is 14.2. The minimum atomic E-state index is -4.82. The molecule has 5 nitrogen and oxygen atoms in total. The summed E-state index contributed by atoms with van der Waals surface area (Å²) in [7, 11) is 0. The number of hydrogen-bond acceptors (Lipinski definition) is 3. The van der Waals surface area contributed by atoms with E-state index in [1.54, 1.807) is 10.9 Å². The highest BCUT2D eigenvalue weighted by Gasteiger charge is 2.55. The van der Waals surface area contributed by atoms with Gasteiger partial charge in [-0.25, -0.2) is 9.67 Å². The van der Waals surface area contributed by atoms with Crippen molar-refractivity contribution in [2.75, 3.05) is 0 Å². The van der Waals surface area contributed by atoms with Gasteiger partial charge >= 0.3 is 6.18 Å². The molecule has 0 bridgehead atoms. The summed E-state index contributed by atoms with van der Waals surface area (Å²) in [4.78, 5) is 3.92. The summed E-state index contributed by atoms with van der Waals surface area (Å²) in [6, 6.07) is 9.25. The van der Waals surface area contributed by atoms with Crippen LogP contribution in [0.2, 0.25) is 0 Å². The molecule has 0 radical (unpaired) electrons. The van der Waals surface area contributed by atoms with Crippen LogP contribution in [0, 0.1) is 0 Å². The molecule has 1 N–H and O–H groups in total. The maximum Gasteiger partial charge on any atom is 0.424 e. The highest BCUT2D eigenvalue weighted by atomic mass is 19.4. The molecule has 1 aliphatic heterocycles. The first-order valence-electron chi connectivity index (χ1n) is 8.21. The average Bonchev–Trinajstić information content (AvgIpc) is 3.19. The van der Waals surface area contributed by atoms with Crippen LogP contribution in [0.4, 0.5) is 13.2 Å². The van der Waals surface area contributed by atoms with E-state index in [-0.39, 0.29) is 6.04 Å². The minimum Gasteiger partial charge on any atom is -0.374 e. The van der Waals surface area contributed by atoms with Crippen molar-refractivity contribution in [1.82, 2.24) is 19.3 Å². The number of alkyl halides is 3. The number of imidazole rings is 1. The number of nitrogens with zero attached hydrogens (tertiary/aromatic N) is 4. The zero-order chi connectivity index (χ0) is 18.7. The molecule has 4 rings (SSSR count). The molecule has 0 saturated carbocycles. The van der Waals surface area contributed by atoms with Crippen LogP contribution in [0.3, 0.4) is 0 Å². The van der Waals surface area contributed by atoms with E-state index in [0.29, 0.717) is 12.1 Å². The minimum absolute atomic E-state index is 0.303. The molecule has 8 heteroatoms. The van der Waals surface area contributed by atoms with Gasteiger partial charge < -0.3 is 9.67 Å². The predicted octanol–water partition coefficient (Wildman–Crippen LogP) is 3.62. The molecule has 0 aliphatic carbocycles. The first-order valence-corrected chi connectivity index (χ1v) is 8.21. The Bertz CT molecular complexity index is 957. The summed E-state index contributed by atoms with van der Waals surface area (Å²) < 4.78 is 43.1. The summed E-state index contributed by atoms with van der Waals surface area (Å²) in [5, 5.41) is 14.5. The van der Waals surface area contributed by atoms with Gasteiger partial charge in [-0.15, -0.1) is 0 Å². The fourth-order valence-corrected chi connectivity index (χ4v) is 3.44. The Hall–Kier alpha value is -2.61. The topological polar surface area (TPSA) is 55.9 Å². The second kappa shape index (κ2) is 5.44. The number of rotatable bonds is 2. The van der Waals surface area contributed by atoms with Gasteiger partial charge in [0.15, 0.2) is 5.82 Å². The molecule has 0 unspecified atom stereocenters. The van der Waals surface area contributed by atoms with E-state index in [0.717, 1.165) is 23.9 Å². The van der Waals surface area contributed by atoms with Crippen molar-refractivity contribution in [1.29, 1.82) is 0 Å². The lowest BCUT2D eigenvalue weighted by Crippen LogP contribution is -2.42. The van der Waals surface area contributed by atoms with E-state index >= 15 is 0 Å². The van der Waals surface area contributed by atoms with Gasteiger partial charge in [-0.3, -0.25) is 0 Å². The van der Waals surface area contributed by atoms with Crippen molar-refractivity contribution in [3.05, 3.63) is 54.2 Å². The second-order valence-electron chi connectivity index (χ2n) is 6.71. The third-order valence-electron chi connectivity index (χ3n) is 4.86. The van der Waals surface area contributed by atoms with Crippen LogP contribution in [-0.4, -0.2) is 30.6 Å². The summed E-state index contributed by atoms with van der Waals surface area (Å²) in [5.74, 6) is -0.398. The number of aromatic nitrogens is 4. The maximum absolute atomic E-state index is 13.3. The van der Waals surface area contributed by atoms with Gasteiger partial charge in [0.1, 0.15) is 0 Å². The van der Waals surface area contributed by atoms with Crippen molar-refractivity contribution in [3.8, 4) is 16.9 Å². The van der Waals surface area contributed by atoms with Crippen molar-refractivity contribution in [2.45, 2.75) is 38.1 Å². The molecule has 1 aromatic carbocycles. The van der Waals surface area contributed by atoms with Crippen LogP contribution in [0.25, 0.3) is 16.9 Å². The number of hydrogen-bond donors (Lipinski definition) is 1. The number of aliphatic hydroxyl groups is 1. The third-order valence-corrected chi connectivity index (χ3v) is 4.86.